The lowest BCUT2D eigenvalue weighted by atomic mass is 10.2. The van der Waals surface area contributed by atoms with Crippen molar-refractivity contribution >= 4 is 17.9 Å². The van der Waals surface area contributed by atoms with Gasteiger partial charge in [0.1, 0.15) is 0 Å². The molecular weight excluding hydrogens is 242 g/mol. The Morgan fingerprint density at radius 2 is 1.89 bits per heavy atom. The molecule has 1 rings (SSSR count). The van der Waals surface area contributed by atoms with E-state index in [1.165, 1.54) is 0 Å². The molecule has 0 aromatic rings. The van der Waals surface area contributed by atoms with E-state index in [9.17, 15) is 14.4 Å². The molecule has 102 valence electrons. The topological polar surface area (TPSA) is 128 Å². The molecule has 0 bridgehead atoms. The molecule has 1 fully saturated rings. The summed E-state index contributed by atoms with van der Waals surface area (Å²) in [5, 5.41) is 24.7. The molecule has 0 aromatic heterocycles. The molecular formula is C10H17N3O5. The molecule has 1 saturated carbocycles. The Hall–Kier alpha value is -1.83. The number of amides is 3. The van der Waals surface area contributed by atoms with Crippen LogP contribution in [0.15, 0.2) is 0 Å². The summed E-state index contributed by atoms with van der Waals surface area (Å²) in [7, 11) is 0. The van der Waals surface area contributed by atoms with Crippen LogP contribution in [-0.4, -0.2) is 53.4 Å². The zero-order valence-electron chi connectivity index (χ0n) is 9.81. The van der Waals surface area contributed by atoms with Gasteiger partial charge in [-0.2, -0.15) is 0 Å². The van der Waals surface area contributed by atoms with Gasteiger partial charge in [0.15, 0.2) is 6.10 Å². The molecule has 1 aliphatic carbocycles. The Bertz CT molecular complexity index is 329. The van der Waals surface area contributed by atoms with Gasteiger partial charge in [-0.05, 0) is 12.8 Å². The maximum atomic E-state index is 11.2. The summed E-state index contributed by atoms with van der Waals surface area (Å²) in [6, 6.07) is -0.327. The maximum Gasteiger partial charge on any atom is 0.332 e. The number of aliphatic hydroxyl groups excluding tert-OH is 1. The molecule has 0 radical (unpaired) electrons. The quantitative estimate of drug-likeness (QED) is 0.376. The maximum absolute atomic E-state index is 11.2. The van der Waals surface area contributed by atoms with Crippen molar-refractivity contribution in [3.8, 4) is 0 Å². The van der Waals surface area contributed by atoms with Crippen molar-refractivity contribution in [1.82, 2.24) is 16.0 Å². The number of carboxylic acid groups (broad SMARTS) is 1. The average molecular weight is 259 g/mol. The number of carbonyl (C=O) groups excluding carboxylic acids is 2. The van der Waals surface area contributed by atoms with E-state index in [0.29, 0.717) is 0 Å². The summed E-state index contributed by atoms with van der Waals surface area (Å²) in [5.41, 5.74) is 0. The molecule has 0 aromatic carbocycles. The minimum atomic E-state index is -1.50. The van der Waals surface area contributed by atoms with Crippen molar-refractivity contribution in [2.24, 2.45) is 0 Å². The monoisotopic (exact) mass is 259 g/mol. The zero-order valence-corrected chi connectivity index (χ0v) is 9.81. The van der Waals surface area contributed by atoms with E-state index >= 15 is 0 Å². The zero-order chi connectivity index (χ0) is 13.5. The lowest BCUT2D eigenvalue weighted by Gasteiger charge is -2.09. The summed E-state index contributed by atoms with van der Waals surface area (Å²) < 4.78 is 0. The lowest BCUT2D eigenvalue weighted by Crippen LogP contribution is -2.43. The van der Waals surface area contributed by atoms with E-state index in [-0.39, 0.29) is 31.5 Å². The number of aliphatic carboxylic acids is 1. The summed E-state index contributed by atoms with van der Waals surface area (Å²) in [5.74, 6) is -1.58. The van der Waals surface area contributed by atoms with Crippen molar-refractivity contribution in [2.75, 3.05) is 13.1 Å². The Morgan fingerprint density at radius 3 is 2.44 bits per heavy atom. The molecule has 0 spiro atoms. The van der Waals surface area contributed by atoms with Gasteiger partial charge >= 0.3 is 12.0 Å². The molecule has 1 atom stereocenters. The second kappa shape index (κ2) is 6.80. The number of carboxylic acids is 1. The van der Waals surface area contributed by atoms with Gasteiger partial charge in [-0.25, -0.2) is 9.59 Å². The molecule has 18 heavy (non-hydrogen) atoms. The van der Waals surface area contributed by atoms with Crippen molar-refractivity contribution in [1.29, 1.82) is 0 Å². The summed E-state index contributed by atoms with van der Waals surface area (Å²) in [6.07, 6.45) is 0.371. The first-order valence-corrected chi connectivity index (χ1v) is 5.71. The normalized spacial score (nSPS) is 15.6. The number of urea groups is 1. The van der Waals surface area contributed by atoms with E-state index < -0.39 is 18.1 Å². The van der Waals surface area contributed by atoms with Crippen molar-refractivity contribution in [3.63, 3.8) is 0 Å². The van der Waals surface area contributed by atoms with Gasteiger partial charge in [0.05, 0.1) is 6.54 Å². The number of aliphatic hydroxyl groups is 1. The Kier molecular flexibility index (Phi) is 5.37. The predicted octanol–water partition coefficient (Wildman–Crippen LogP) is -1.60. The lowest BCUT2D eigenvalue weighted by molar-refractivity contribution is -0.146. The molecule has 0 aliphatic heterocycles. The van der Waals surface area contributed by atoms with E-state index in [4.69, 9.17) is 10.2 Å². The van der Waals surface area contributed by atoms with Crippen LogP contribution in [0.2, 0.25) is 0 Å². The smallest absolute Gasteiger partial charge is 0.332 e. The van der Waals surface area contributed by atoms with Gasteiger partial charge in [0.2, 0.25) is 5.91 Å². The number of rotatable bonds is 7. The third kappa shape index (κ3) is 6.04. The van der Waals surface area contributed by atoms with Gasteiger partial charge in [-0.1, -0.05) is 0 Å². The largest absolute Gasteiger partial charge is 0.479 e. The fraction of sp³-hybridized carbons (Fsp3) is 0.700. The highest BCUT2D eigenvalue weighted by molar-refractivity contribution is 5.84. The average Bonchev–Trinajstić information content (AvgIpc) is 3.10. The van der Waals surface area contributed by atoms with Gasteiger partial charge in [0.25, 0.3) is 0 Å². The third-order valence-electron chi connectivity index (χ3n) is 2.34. The number of nitrogens with one attached hydrogen (secondary N) is 3. The van der Waals surface area contributed by atoms with Crippen molar-refractivity contribution in [2.45, 2.75) is 31.4 Å². The molecule has 0 saturated heterocycles. The van der Waals surface area contributed by atoms with Crippen molar-refractivity contribution in [3.05, 3.63) is 0 Å². The van der Waals surface area contributed by atoms with Crippen LogP contribution >= 0.6 is 0 Å². The third-order valence-corrected chi connectivity index (χ3v) is 2.34. The highest BCUT2D eigenvalue weighted by atomic mass is 16.4. The fourth-order valence-corrected chi connectivity index (χ4v) is 1.18. The molecule has 5 N–H and O–H groups in total. The first-order chi connectivity index (χ1) is 8.49. The van der Waals surface area contributed by atoms with Crippen LogP contribution < -0.4 is 16.0 Å². The number of hydrogen-bond acceptors (Lipinski definition) is 4. The van der Waals surface area contributed by atoms with Gasteiger partial charge in [0, 0.05) is 19.0 Å². The van der Waals surface area contributed by atoms with Crippen LogP contribution in [0.4, 0.5) is 4.79 Å². The van der Waals surface area contributed by atoms with E-state index in [1.807, 2.05) is 0 Å². The second-order valence-electron chi connectivity index (χ2n) is 4.09. The first kappa shape index (κ1) is 14.2. The van der Waals surface area contributed by atoms with E-state index in [1.54, 1.807) is 0 Å². The Morgan fingerprint density at radius 1 is 1.22 bits per heavy atom. The second-order valence-corrected chi connectivity index (χ2v) is 4.09. The van der Waals surface area contributed by atoms with Gasteiger partial charge < -0.3 is 26.2 Å². The first-order valence-electron chi connectivity index (χ1n) is 5.71. The Labute approximate surface area is 104 Å². The van der Waals surface area contributed by atoms with Gasteiger partial charge in [-0.3, -0.25) is 4.79 Å². The molecule has 1 unspecified atom stereocenters. The van der Waals surface area contributed by atoms with Crippen LogP contribution in [0, 0.1) is 0 Å². The predicted molar refractivity (Wildman–Crippen MR) is 60.8 cm³/mol. The van der Waals surface area contributed by atoms with E-state index in [0.717, 1.165) is 12.8 Å². The fourth-order valence-electron chi connectivity index (χ4n) is 1.18. The van der Waals surface area contributed by atoms with E-state index in [2.05, 4.69) is 16.0 Å². The van der Waals surface area contributed by atoms with Gasteiger partial charge in [-0.15, -0.1) is 0 Å². The molecule has 1 aliphatic rings. The Balaban J connectivity index is 2.02. The van der Waals surface area contributed by atoms with Crippen LogP contribution in [0.5, 0.6) is 0 Å². The van der Waals surface area contributed by atoms with Crippen LogP contribution in [-0.2, 0) is 9.59 Å². The van der Waals surface area contributed by atoms with Crippen molar-refractivity contribution < 1.29 is 24.6 Å². The highest BCUT2D eigenvalue weighted by Gasteiger charge is 2.23. The molecule has 0 heterocycles. The summed E-state index contributed by atoms with van der Waals surface area (Å²) in [4.78, 5) is 32.6. The van der Waals surface area contributed by atoms with Crippen LogP contribution in [0.25, 0.3) is 0 Å². The number of hydrogen-bond donors (Lipinski definition) is 5. The minimum Gasteiger partial charge on any atom is -0.479 e. The summed E-state index contributed by atoms with van der Waals surface area (Å²) in [6.45, 7) is -0.104. The molecule has 3 amide bonds. The SMILES string of the molecule is O=C(CNC(=O)NCCC(O)C(=O)O)NC1CC1. The number of carbonyl (C=O) groups is 3. The van der Waals surface area contributed by atoms with Crippen LogP contribution in [0.3, 0.4) is 0 Å². The van der Waals surface area contributed by atoms with Crippen LogP contribution in [0.1, 0.15) is 19.3 Å². The highest BCUT2D eigenvalue weighted by Crippen LogP contribution is 2.18. The summed E-state index contributed by atoms with van der Waals surface area (Å²) >= 11 is 0. The minimum absolute atomic E-state index is 0.0174. The molecule has 8 heteroatoms. The molecule has 8 nitrogen and oxygen atoms in total. The standard InChI is InChI=1S/C10H17N3O5/c14-7(9(16)17)3-4-11-10(18)12-5-8(15)13-6-1-2-6/h6-7,14H,1-5H2,(H,13,15)(H,16,17)(H2,11,12,18).